The predicted molar refractivity (Wildman–Crippen MR) is 23.1 cm³/mol. The molecule has 0 fully saturated rings. The molecule has 0 bridgehead atoms. The minimum atomic E-state index is -2.61. The summed E-state index contributed by atoms with van der Waals surface area (Å²) >= 11 is -2.61. The molecule has 0 amide bonds. The molecule has 0 radical (unpaired) electrons. The third-order valence-corrected chi connectivity index (χ3v) is 0. The standard InChI is InChI=1S/K.H2O3S.H2Se.H/c;1-4(2)3;;/h;(H2,1,2,3);1H2;/q+1;;;-1. The molecular formula is H5KO3SSe. The fraction of sp³-hybridized carbons (Fsp3) is 0. The SMILES string of the molecule is O=S(O)O.[H-].[K+].[SeH2]. The van der Waals surface area contributed by atoms with E-state index in [4.69, 9.17) is 13.3 Å². The van der Waals surface area contributed by atoms with E-state index in [0.717, 1.165) is 0 Å². The van der Waals surface area contributed by atoms with Gasteiger partial charge in [-0.05, 0) is 0 Å². The maximum atomic E-state index is 8.67. The molecule has 0 spiro atoms. The van der Waals surface area contributed by atoms with E-state index in [2.05, 4.69) is 0 Å². The Kier molecular flexibility index (Phi) is 26.9. The Hall–Kier alpha value is 2.23. The van der Waals surface area contributed by atoms with Gasteiger partial charge in [-0.15, -0.1) is 0 Å². The van der Waals surface area contributed by atoms with Gasteiger partial charge < -0.3 is 1.43 Å². The Labute approximate surface area is 92.8 Å². The first kappa shape index (κ1) is 15.7. The average Bonchev–Trinajstić information content (AvgIpc) is 0.811. The van der Waals surface area contributed by atoms with Crippen molar-refractivity contribution in [1.29, 1.82) is 0 Å². The minimum absolute atomic E-state index is 0. The molecule has 0 unspecified atom stereocenters. The quantitative estimate of drug-likeness (QED) is 0.311. The predicted octanol–water partition coefficient (Wildman–Crippen LogP) is -4.12. The Morgan fingerprint density at radius 2 is 1.50 bits per heavy atom. The van der Waals surface area contributed by atoms with Crippen molar-refractivity contribution in [2.45, 2.75) is 0 Å². The summed E-state index contributed by atoms with van der Waals surface area (Å²) in [4.78, 5) is 0. The summed E-state index contributed by atoms with van der Waals surface area (Å²) in [6.45, 7) is 0. The van der Waals surface area contributed by atoms with Crippen molar-refractivity contribution < 1.29 is 66.1 Å². The third kappa shape index (κ3) is 34.3. The summed E-state index contributed by atoms with van der Waals surface area (Å²) in [5, 5.41) is 0. The number of rotatable bonds is 0. The second-order valence-corrected chi connectivity index (χ2v) is 0.692. The zero-order chi connectivity index (χ0) is 3.58. The second kappa shape index (κ2) is 10.3. The van der Waals surface area contributed by atoms with Crippen molar-refractivity contribution in [2.24, 2.45) is 0 Å². The zero-order valence-electron chi connectivity index (χ0n) is 4.21. The van der Waals surface area contributed by atoms with Crippen molar-refractivity contribution in [3.05, 3.63) is 0 Å². The van der Waals surface area contributed by atoms with E-state index in [0.29, 0.717) is 0 Å². The Bertz CT molecular complexity index is 37.9. The van der Waals surface area contributed by atoms with Crippen molar-refractivity contribution >= 4 is 28.4 Å². The van der Waals surface area contributed by atoms with Gasteiger partial charge in [-0.3, -0.25) is 9.11 Å². The van der Waals surface area contributed by atoms with Crippen molar-refractivity contribution in [1.82, 2.24) is 0 Å². The first-order valence-electron chi connectivity index (χ1n) is 0.532. The molecule has 0 aromatic heterocycles. The fourth-order valence-corrected chi connectivity index (χ4v) is 0. The average molecular weight is 203 g/mol. The number of hydrogen-bond donors (Lipinski definition) is 2. The van der Waals surface area contributed by atoms with Crippen LogP contribution in [0.4, 0.5) is 0 Å². The Morgan fingerprint density at radius 1 is 1.50 bits per heavy atom. The van der Waals surface area contributed by atoms with Crippen LogP contribution in [-0.2, 0) is 11.4 Å². The molecule has 6 heavy (non-hydrogen) atoms. The molecule has 0 aromatic carbocycles. The summed E-state index contributed by atoms with van der Waals surface area (Å²) in [6, 6.07) is 0. The summed E-state index contributed by atoms with van der Waals surface area (Å²) in [5.41, 5.74) is 0. The van der Waals surface area contributed by atoms with Gasteiger partial charge in [0.25, 0.3) is 11.4 Å². The van der Waals surface area contributed by atoms with Gasteiger partial charge in [0, 0.05) is 0 Å². The first-order valence-corrected chi connectivity index (χ1v) is 1.60. The molecule has 0 heterocycles. The van der Waals surface area contributed by atoms with Gasteiger partial charge in [-0.25, -0.2) is 0 Å². The fourth-order valence-electron chi connectivity index (χ4n) is 0. The molecule has 0 aromatic rings. The van der Waals surface area contributed by atoms with E-state index >= 15 is 0 Å². The van der Waals surface area contributed by atoms with Crippen LogP contribution in [0.1, 0.15) is 1.43 Å². The van der Waals surface area contributed by atoms with Gasteiger partial charge >= 0.3 is 68.5 Å². The van der Waals surface area contributed by atoms with Crippen LogP contribution in [0.15, 0.2) is 0 Å². The molecule has 2 N–H and O–H groups in total. The molecule has 0 saturated carbocycles. The van der Waals surface area contributed by atoms with Crippen molar-refractivity contribution in [2.75, 3.05) is 0 Å². The molecule has 36 valence electrons. The van der Waals surface area contributed by atoms with Crippen molar-refractivity contribution in [3.63, 3.8) is 0 Å². The first-order chi connectivity index (χ1) is 1.73. The van der Waals surface area contributed by atoms with Crippen molar-refractivity contribution in [3.8, 4) is 0 Å². The molecule has 0 rings (SSSR count). The molecule has 3 nitrogen and oxygen atoms in total. The molecule has 0 saturated heterocycles. The summed E-state index contributed by atoms with van der Waals surface area (Å²) in [7, 11) is 0. The molecule has 0 aliphatic rings. The Balaban J connectivity index is -0.0000000150. The van der Waals surface area contributed by atoms with E-state index in [-0.39, 0.29) is 69.9 Å². The van der Waals surface area contributed by atoms with E-state index in [1.165, 1.54) is 0 Å². The van der Waals surface area contributed by atoms with Crippen LogP contribution in [-0.4, -0.2) is 30.4 Å². The summed E-state index contributed by atoms with van der Waals surface area (Å²) < 4.78 is 22.8. The summed E-state index contributed by atoms with van der Waals surface area (Å²) in [6.07, 6.45) is 0. The van der Waals surface area contributed by atoms with Crippen LogP contribution in [0.25, 0.3) is 0 Å². The van der Waals surface area contributed by atoms with Gasteiger partial charge in [0.05, 0.1) is 0 Å². The zero-order valence-corrected chi connectivity index (χ0v) is 9.25. The van der Waals surface area contributed by atoms with Crippen LogP contribution < -0.4 is 51.4 Å². The van der Waals surface area contributed by atoms with E-state index in [9.17, 15) is 0 Å². The topological polar surface area (TPSA) is 57.5 Å². The van der Waals surface area contributed by atoms with Crippen LogP contribution in [0.5, 0.6) is 0 Å². The second-order valence-electron chi connectivity index (χ2n) is 0.231. The molecule has 6 heteroatoms. The van der Waals surface area contributed by atoms with Crippen LogP contribution in [0.3, 0.4) is 0 Å². The number of hydrogen-bond acceptors (Lipinski definition) is 1. The van der Waals surface area contributed by atoms with Gasteiger partial charge in [0.15, 0.2) is 0 Å². The normalized spacial score (nSPS) is 5.83. The molecular weight excluding hydrogens is 198 g/mol. The molecule has 0 aliphatic heterocycles. The maximum absolute atomic E-state index is 8.67. The van der Waals surface area contributed by atoms with E-state index < -0.39 is 11.4 Å². The van der Waals surface area contributed by atoms with Gasteiger partial charge in [-0.1, -0.05) is 0 Å². The third-order valence-electron chi connectivity index (χ3n) is 0. The van der Waals surface area contributed by atoms with Crippen LogP contribution in [0, 0.1) is 0 Å². The van der Waals surface area contributed by atoms with Crippen LogP contribution in [0.2, 0.25) is 0 Å². The van der Waals surface area contributed by atoms with Gasteiger partial charge in [0.2, 0.25) is 0 Å². The summed E-state index contributed by atoms with van der Waals surface area (Å²) in [5.74, 6) is 0. The van der Waals surface area contributed by atoms with Gasteiger partial charge in [-0.2, -0.15) is 4.21 Å². The molecule has 0 aliphatic carbocycles. The van der Waals surface area contributed by atoms with E-state index in [1.54, 1.807) is 0 Å². The molecule has 0 atom stereocenters. The monoisotopic (exact) mass is 204 g/mol. The van der Waals surface area contributed by atoms with Gasteiger partial charge in [0.1, 0.15) is 0 Å². The van der Waals surface area contributed by atoms with Crippen LogP contribution >= 0.6 is 0 Å². The van der Waals surface area contributed by atoms with E-state index in [1.807, 2.05) is 0 Å². The Morgan fingerprint density at radius 3 is 1.50 bits per heavy atom.